The molecule has 1 saturated heterocycles. The average molecular weight is 237 g/mol. The van der Waals surface area contributed by atoms with Crippen molar-refractivity contribution in [2.75, 3.05) is 13.2 Å². The third-order valence-electron chi connectivity index (χ3n) is 4.77. The number of hydrogen-bond donors (Lipinski definition) is 1. The molecule has 0 aromatic heterocycles. The van der Waals surface area contributed by atoms with Gasteiger partial charge in [-0.25, -0.2) is 0 Å². The Kier molecular flexibility index (Phi) is 3.75. The highest BCUT2D eigenvalue weighted by Gasteiger charge is 2.51. The van der Waals surface area contributed by atoms with Gasteiger partial charge in [-0.15, -0.1) is 0 Å². The maximum atomic E-state index is 10.9. The van der Waals surface area contributed by atoms with Gasteiger partial charge in [0.15, 0.2) is 0 Å². The van der Waals surface area contributed by atoms with Crippen molar-refractivity contribution in [3.63, 3.8) is 0 Å². The van der Waals surface area contributed by atoms with E-state index in [9.17, 15) is 10.4 Å². The lowest BCUT2D eigenvalue weighted by molar-refractivity contribution is -0.0893. The fraction of sp³-hybridized carbons (Fsp3) is 0.929. The molecule has 3 heteroatoms. The number of nitrogens with zero attached hydrogens (tertiary/aromatic N) is 1. The van der Waals surface area contributed by atoms with Crippen molar-refractivity contribution in [2.24, 2.45) is 11.3 Å². The van der Waals surface area contributed by atoms with Crippen molar-refractivity contribution in [1.29, 1.82) is 5.26 Å². The molecule has 3 nitrogen and oxygen atoms in total. The molecule has 17 heavy (non-hydrogen) atoms. The normalized spacial score (nSPS) is 43.7. The Labute approximate surface area is 104 Å². The second-order valence-electron chi connectivity index (χ2n) is 5.87. The summed E-state index contributed by atoms with van der Waals surface area (Å²) in [5, 5.41) is 20.5. The Morgan fingerprint density at radius 1 is 1.18 bits per heavy atom. The summed E-state index contributed by atoms with van der Waals surface area (Å²) in [5.41, 5.74) is -1.34. The Morgan fingerprint density at radius 3 is 2.53 bits per heavy atom. The molecule has 1 aliphatic carbocycles. The first-order valence-electron chi connectivity index (χ1n) is 6.83. The van der Waals surface area contributed by atoms with E-state index in [1.54, 1.807) is 0 Å². The van der Waals surface area contributed by atoms with Crippen LogP contribution in [0, 0.1) is 22.7 Å². The summed E-state index contributed by atoms with van der Waals surface area (Å²) in [7, 11) is 0. The summed E-state index contributed by atoms with van der Waals surface area (Å²) in [6.45, 7) is 3.55. The van der Waals surface area contributed by atoms with E-state index in [-0.39, 0.29) is 0 Å². The monoisotopic (exact) mass is 237 g/mol. The molecule has 2 aliphatic rings. The van der Waals surface area contributed by atoms with Crippen LogP contribution in [-0.4, -0.2) is 23.9 Å². The first kappa shape index (κ1) is 12.9. The van der Waals surface area contributed by atoms with E-state index in [1.807, 2.05) is 0 Å². The maximum Gasteiger partial charge on any atom is 0.0861 e. The standard InChI is InChI=1S/C14H23NO2/c1-12-3-6-13(11-15,7-4-12)14(16)5-2-9-17-10-8-14/h12,16H,2-10H2,1H3. The molecule has 1 atom stereocenters. The van der Waals surface area contributed by atoms with Crippen LogP contribution < -0.4 is 0 Å². The molecule has 1 aliphatic heterocycles. The average Bonchev–Trinajstić information content (AvgIpc) is 2.57. The summed E-state index contributed by atoms with van der Waals surface area (Å²) < 4.78 is 5.42. The van der Waals surface area contributed by atoms with Crippen LogP contribution in [-0.2, 0) is 4.74 Å². The summed E-state index contributed by atoms with van der Waals surface area (Å²) in [6, 6.07) is 2.47. The van der Waals surface area contributed by atoms with E-state index >= 15 is 0 Å². The van der Waals surface area contributed by atoms with Crippen LogP contribution in [0.5, 0.6) is 0 Å². The molecule has 0 bridgehead atoms. The predicted octanol–water partition coefficient (Wildman–Crippen LogP) is 2.64. The minimum absolute atomic E-state index is 0.521. The molecule has 2 fully saturated rings. The summed E-state index contributed by atoms with van der Waals surface area (Å²) in [5.74, 6) is 0.696. The number of hydrogen-bond acceptors (Lipinski definition) is 3. The quantitative estimate of drug-likeness (QED) is 0.762. The zero-order valence-electron chi connectivity index (χ0n) is 10.7. The topological polar surface area (TPSA) is 53.2 Å². The van der Waals surface area contributed by atoms with Crippen molar-refractivity contribution in [1.82, 2.24) is 0 Å². The van der Waals surface area contributed by atoms with Gasteiger partial charge in [0.05, 0.1) is 17.1 Å². The number of rotatable bonds is 1. The third kappa shape index (κ3) is 2.34. The second-order valence-corrected chi connectivity index (χ2v) is 5.87. The molecule has 0 radical (unpaired) electrons. The van der Waals surface area contributed by atoms with Crippen molar-refractivity contribution in [3.05, 3.63) is 0 Å². The van der Waals surface area contributed by atoms with Crippen molar-refractivity contribution in [2.45, 2.75) is 57.5 Å². The van der Waals surface area contributed by atoms with Gasteiger partial charge in [-0.2, -0.15) is 5.26 Å². The van der Waals surface area contributed by atoms with Gasteiger partial charge in [0.2, 0.25) is 0 Å². The van der Waals surface area contributed by atoms with Gasteiger partial charge < -0.3 is 9.84 Å². The van der Waals surface area contributed by atoms with Crippen LogP contribution >= 0.6 is 0 Å². The fourth-order valence-corrected chi connectivity index (χ4v) is 3.35. The predicted molar refractivity (Wildman–Crippen MR) is 65.3 cm³/mol. The Hall–Kier alpha value is -0.590. The van der Waals surface area contributed by atoms with Crippen LogP contribution in [0.4, 0.5) is 0 Å². The van der Waals surface area contributed by atoms with Gasteiger partial charge in [-0.3, -0.25) is 0 Å². The van der Waals surface area contributed by atoms with Gasteiger partial charge in [0, 0.05) is 19.6 Å². The van der Waals surface area contributed by atoms with Crippen LogP contribution in [0.25, 0.3) is 0 Å². The lowest BCUT2D eigenvalue weighted by Crippen LogP contribution is -2.49. The van der Waals surface area contributed by atoms with E-state index < -0.39 is 11.0 Å². The van der Waals surface area contributed by atoms with E-state index in [4.69, 9.17) is 4.74 Å². The lowest BCUT2D eigenvalue weighted by Gasteiger charge is -2.45. The van der Waals surface area contributed by atoms with Gasteiger partial charge in [-0.05, 0) is 44.4 Å². The molecule has 1 heterocycles. The molecule has 0 aromatic carbocycles. The molecule has 1 unspecified atom stereocenters. The highest BCUT2D eigenvalue weighted by Crippen LogP contribution is 2.49. The summed E-state index contributed by atoms with van der Waals surface area (Å²) >= 11 is 0. The molecule has 0 spiro atoms. The SMILES string of the molecule is CC1CCC(C#N)(C2(O)CCCOCC2)CC1. The summed E-state index contributed by atoms with van der Waals surface area (Å²) in [4.78, 5) is 0. The Bertz CT molecular complexity index is 292. The van der Waals surface area contributed by atoms with Gasteiger partial charge in [0.1, 0.15) is 0 Å². The van der Waals surface area contributed by atoms with E-state index in [2.05, 4.69) is 13.0 Å². The lowest BCUT2D eigenvalue weighted by atomic mass is 9.60. The van der Waals surface area contributed by atoms with Crippen molar-refractivity contribution in [3.8, 4) is 6.07 Å². The van der Waals surface area contributed by atoms with Gasteiger partial charge in [-0.1, -0.05) is 6.92 Å². The van der Waals surface area contributed by atoms with E-state index in [0.717, 1.165) is 45.1 Å². The van der Waals surface area contributed by atoms with Crippen LogP contribution in [0.1, 0.15) is 51.9 Å². The zero-order chi connectivity index (χ0) is 12.4. The Morgan fingerprint density at radius 2 is 1.88 bits per heavy atom. The number of nitriles is 1. The van der Waals surface area contributed by atoms with E-state index in [1.165, 1.54) is 0 Å². The first-order chi connectivity index (χ1) is 8.12. The van der Waals surface area contributed by atoms with Gasteiger partial charge in [0.25, 0.3) is 0 Å². The van der Waals surface area contributed by atoms with Crippen LogP contribution in [0.3, 0.4) is 0 Å². The zero-order valence-corrected chi connectivity index (χ0v) is 10.7. The molecule has 1 saturated carbocycles. The van der Waals surface area contributed by atoms with Gasteiger partial charge >= 0.3 is 0 Å². The van der Waals surface area contributed by atoms with Crippen LogP contribution in [0.15, 0.2) is 0 Å². The number of aliphatic hydroxyl groups is 1. The minimum Gasteiger partial charge on any atom is -0.388 e. The highest BCUT2D eigenvalue weighted by atomic mass is 16.5. The largest absolute Gasteiger partial charge is 0.388 e. The molecule has 0 amide bonds. The molecule has 96 valence electrons. The molecule has 0 aromatic rings. The fourth-order valence-electron chi connectivity index (χ4n) is 3.35. The smallest absolute Gasteiger partial charge is 0.0861 e. The molecule has 2 rings (SSSR count). The molecule has 1 N–H and O–H groups in total. The number of ether oxygens (including phenoxy) is 1. The second kappa shape index (κ2) is 4.96. The molecular weight excluding hydrogens is 214 g/mol. The Balaban J connectivity index is 2.18. The first-order valence-corrected chi connectivity index (χ1v) is 6.83. The molecular formula is C14H23NO2. The van der Waals surface area contributed by atoms with Crippen LogP contribution in [0.2, 0.25) is 0 Å². The maximum absolute atomic E-state index is 10.9. The van der Waals surface area contributed by atoms with Crippen molar-refractivity contribution >= 4 is 0 Å². The van der Waals surface area contributed by atoms with Crippen molar-refractivity contribution < 1.29 is 9.84 Å². The third-order valence-corrected chi connectivity index (χ3v) is 4.77. The minimum atomic E-state index is -0.821. The van der Waals surface area contributed by atoms with E-state index in [0.29, 0.717) is 18.9 Å². The summed E-state index contributed by atoms with van der Waals surface area (Å²) in [6.07, 6.45) is 6.04. The highest BCUT2D eigenvalue weighted by molar-refractivity contribution is 5.13.